The number of nitrogens with one attached hydrogen (secondary N) is 1. The van der Waals surface area contributed by atoms with E-state index in [9.17, 15) is 14.7 Å². The van der Waals surface area contributed by atoms with Gasteiger partial charge in [-0.2, -0.15) is 0 Å². The molecular formula is C16H11ClN2O4S. The lowest BCUT2D eigenvalue weighted by Gasteiger charge is -2.07. The molecule has 0 unspecified atom stereocenters. The summed E-state index contributed by atoms with van der Waals surface area (Å²) in [6.07, 6.45) is 0. The van der Waals surface area contributed by atoms with E-state index in [1.54, 1.807) is 24.3 Å². The summed E-state index contributed by atoms with van der Waals surface area (Å²) < 4.78 is 5.66. The third-order valence-electron chi connectivity index (χ3n) is 3.27. The van der Waals surface area contributed by atoms with Crippen molar-refractivity contribution in [1.82, 2.24) is 4.98 Å². The predicted octanol–water partition coefficient (Wildman–Crippen LogP) is 3.91. The highest BCUT2D eigenvalue weighted by Crippen LogP contribution is 2.30. The van der Waals surface area contributed by atoms with Crippen molar-refractivity contribution in [2.45, 2.75) is 0 Å². The van der Waals surface area contributed by atoms with E-state index in [0.717, 1.165) is 11.3 Å². The van der Waals surface area contributed by atoms with Gasteiger partial charge in [0.05, 0.1) is 28.5 Å². The average Bonchev–Trinajstić information content (AvgIpc) is 2.96. The Labute approximate surface area is 145 Å². The second-order valence-corrected chi connectivity index (χ2v) is 6.21. The minimum Gasteiger partial charge on any atom is -0.496 e. The first-order valence-electron chi connectivity index (χ1n) is 6.77. The summed E-state index contributed by atoms with van der Waals surface area (Å²) in [4.78, 5) is 27.9. The molecule has 2 N–H and O–H groups in total. The third kappa shape index (κ3) is 3.04. The second-order valence-electron chi connectivity index (χ2n) is 4.78. The maximum Gasteiger partial charge on any atom is 0.337 e. The number of halogens is 1. The standard InChI is InChI=1S/C16H11ClN2O4S/c1-23-12-7-8(17)5-6-9(12)14(20)19-16-18-11-4-2-3-10(15(21)22)13(11)24-16/h2-7H,1H3,(H,21,22)(H,18,19,20). The predicted molar refractivity (Wildman–Crippen MR) is 92.5 cm³/mol. The zero-order valence-corrected chi connectivity index (χ0v) is 13.9. The molecule has 24 heavy (non-hydrogen) atoms. The van der Waals surface area contributed by atoms with Crippen LogP contribution in [0.25, 0.3) is 10.2 Å². The molecule has 3 aromatic rings. The fraction of sp³-hybridized carbons (Fsp3) is 0.0625. The average molecular weight is 363 g/mol. The number of nitrogens with zero attached hydrogens (tertiary/aromatic N) is 1. The highest BCUT2D eigenvalue weighted by molar-refractivity contribution is 7.22. The van der Waals surface area contributed by atoms with Gasteiger partial charge in [-0.1, -0.05) is 29.0 Å². The number of rotatable bonds is 4. The molecule has 1 aromatic heterocycles. The van der Waals surface area contributed by atoms with Crippen LogP contribution in [0.3, 0.4) is 0 Å². The first-order valence-corrected chi connectivity index (χ1v) is 7.97. The Balaban J connectivity index is 1.94. The van der Waals surface area contributed by atoms with Crippen molar-refractivity contribution >= 4 is 50.2 Å². The third-order valence-corrected chi connectivity index (χ3v) is 4.53. The van der Waals surface area contributed by atoms with Gasteiger partial charge in [0.15, 0.2) is 5.13 Å². The number of carboxylic acid groups (broad SMARTS) is 1. The van der Waals surface area contributed by atoms with Crippen LogP contribution in [0.1, 0.15) is 20.7 Å². The molecule has 0 fully saturated rings. The Hall–Kier alpha value is -2.64. The van der Waals surface area contributed by atoms with E-state index in [4.69, 9.17) is 16.3 Å². The molecule has 6 nitrogen and oxygen atoms in total. The molecule has 1 amide bonds. The lowest BCUT2D eigenvalue weighted by Crippen LogP contribution is -2.12. The van der Waals surface area contributed by atoms with Gasteiger partial charge in [0.1, 0.15) is 5.75 Å². The second kappa shape index (κ2) is 6.46. The van der Waals surface area contributed by atoms with Gasteiger partial charge in [0.2, 0.25) is 0 Å². The van der Waals surface area contributed by atoms with Crippen LogP contribution in [-0.4, -0.2) is 29.1 Å². The first kappa shape index (κ1) is 16.2. The fourth-order valence-corrected chi connectivity index (χ4v) is 3.31. The molecular weight excluding hydrogens is 352 g/mol. The van der Waals surface area contributed by atoms with Crippen molar-refractivity contribution < 1.29 is 19.4 Å². The summed E-state index contributed by atoms with van der Waals surface area (Å²) in [7, 11) is 1.44. The van der Waals surface area contributed by atoms with Crippen LogP contribution in [0, 0.1) is 0 Å². The number of carbonyl (C=O) groups excluding carboxylic acids is 1. The number of hydrogen-bond donors (Lipinski definition) is 2. The van der Waals surface area contributed by atoms with Crippen LogP contribution in [0.5, 0.6) is 5.75 Å². The molecule has 0 saturated carbocycles. The molecule has 0 radical (unpaired) electrons. The van der Waals surface area contributed by atoms with E-state index in [-0.39, 0.29) is 5.56 Å². The molecule has 0 spiro atoms. The van der Waals surface area contributed by atoms with Gasteiger partial charge in [-0.15, -0.1) is 0 Å². The number of aromatic nitrogens is 1. The van der Waals surface area contributed by atoms with Gasteiger partial charge in [0, 0.05) is 5.02 Å². The van der Waals surface area contributed by atoms with Gasteiger partial charge in [0.25, 0.3) is 5.91 Å². The number of thiazole rings is 1. The minimum atomic E-state index is -1.04. The van der Waals surface area contributed by atoms with E-state index in [1.165, 1.54) is 19.2 Å². The van der Waals surface area contributed by atoms with Gasteiger partial charge < -0.3 is 9.84 Å². The van der Waals surface area contributed by atoms with Gasteiger partial charge in [-0.05, 0) is 30.3 Å². The van der Waals surface area contributed by atoms with Crippen molar-refractivity contribution in [3.63, 3.8) is 0 Å². The molecule has 0 bridgehead atoms. The van der Waals surface area contributed by atoms with Crippen molar-refractivity contribution in [1.29, 1.82) is 0 Å². The summed E-state index contributed by atoms with van der Waals surface area (Å²) in [6, 6.07) is 9.47. The summed E-state index contributed by atoms with van der Waals surface area (Å²) in [6.45, 7) is 0. The van der Waals surface area contributed by atoms with Gasteiger partial charge >= 0.3 is 5.97 Å². The van der Waals surface area contributed by atoms with Crippen LogP contribution in [-0.2, 0) is 0 Å². The fourth-order valence-electron chi connectivity index (χ4n) is 2.19. The minimum absolute atomic E-state index is 0.148. The molecule has 0 atom stereocenters. The van der Waals surface area contributed by atoms with Crippen LogP contribution < -0.4 is 10.1 Å². The summed E-state index contributed by atoms with van der Waals surface area (Å²) in [5.74, 6) is -1.12. The van der Waals surface area contributed by atoms with Crippen molar-refractivity contribution in [3.05, 3.63) is 52.5 Å². The Kier molecular flexibility index (Phi) is 4.37. The summed E-state index contributed by atoms with van der Waals surface area (Å²) in [5.41, 5.74) is 0.965. The Bertz CT molecular complexity index is 954. The molecule has 2 aromatic carbocycles. The van der Waals surface area contributed by atoms with E-state index in [0.29, 0.717) is 31.7 Å². The van der Waals surface area contributed by atoms with Crippen LogP contribution in [0.2, 0.25) is 5.02 Å². The summed E-state index contributed by atoms with van der Waals surface area (Å²) in [5, 5.41) is 12.6. The highest BCUT2D eigenvalue weighted by Gasteiger charge is 2.17. The zero-order valence-electron chi connectivity index (χ0n) is 12.4. The van der Waals surface area contributed by atoms with Crippen LogP contribution in [0.4, 0.5) is 5.13 Å². The topological polar surface area (TPSA) is 88.5 Å². The largest absolute Gasteiger partial charge is 0.496 e. The molecule has 8 heteroatoms. The number of aromatic carboxylic acids is 1. The zero-order chi connectivity index (χ0) is 17.3. The number of fused-ring (bicyclic) bond motifs is 1. The number of amides is 1. The first-order chi connectivity index (χ1) is 11.5. The molecule has 3 rings (SSSR count). The number of carbonyl (C=O) groups is 2. The Morgan fingerprint density at radius 2 is 2.04 bits per heavy atom. The smallest absolute Gasteiger partial charge is 0.337 e. The lowest BCUT2D eigenvalue weighted by atomic mass is 10.2. The molecule has 122 valence electrons. The van der Waals surface area contributed by atoms with Crippen molar-refractivity contribution in [2.24, 2.45) is 0 Å². The number of benzene rings is 2. The number of anilines is 1. The highest BCUT2D eigenvalue weighted by atomic mass is 35.5. The molecule has 0 saturated heterocycles. The number of hydrogen-bond acceptors (Lipinski definition) is 5. The maximum absolute atomic E-state index is 12.4. The SMILES string of the molecule is COc1cc(Cl)ccc1C(=O)Nc1nc2cccc(C(=O)O)c2s1. The lowest BCUT2D eigenvalue weighted by molar-refractivity contribution is 0.0699. The molecule has 0 aliphatic rings. The number of carboxylic acids is 1. The van der Waals surface area contributed by atoms with E-state index in [2.05, 4.69) is 10.3 Å². The number of methoxy groups -OCH3 is 1. The van der Waals surface area contributed by atoms with Crippen LogP contribution in [0.15, 0.2) is 36.4 Å². The van der Waals surface area contributed by atoms with Gasteiger partial charge in [-0.3, -0.25) is 10.1 Å². The molecule has 1 heterocycles. The van der Waals surface area contributed by atoms with E-state index >= 15 is 0 Å². The number of ether oxygens (including phenoxy) is 1. The van der Waals surface area contributed by atoms with Gasteiger partial charge in [-0.25, -0.2) is 9.78 Å². The van der Waals surface area contributed by atoms with Crippen molar-refractivity contribution in [2.75, 3.05) is 12.4 Å². The summed E-state index contributed by atoms with van der Waals surface area (Å²) >= 11 is 6.98. The van der Waals surface area contributed by atoms with Crippen LogP contribution >= 0.6 is 22.9 Å². The molecule has 0 aliphatic carbocycles. The van der Waals surface area contributed by atoms with E-state index in [1.807, 2.05) is 0 Å². The normalized spacial score (nSPS) is 10.6. The maximum atomic E-state index is 12.4. The quantitative estimate of drug-likeness (QED) is 0.734. The van der Waals surface area contributed by atoms with Crippen molar-refractivity contribution in [3.8, 4) is 5.75 Å². The van der Waals surface area contributed by atoms with E-state index < -0.39 is 11.9 Å². The Morgan fingerprint density at radius 3 is 2.75 bits per heavy atom. The monoisotopic (exact) mass is 362 g/mol. The molecule has 0 aliphatic heterocycles. The Morgan fingerprint density at radius 1 is 1.25 bits per heavy atom.